The molecule has 0 fully saturated rings. The molecular formula is C16H36N2. The van der Waals surface area contributed by atoms with Gasteiger partial charge in [-0.1, -0.05) is 20.3 Å². The molecule has 0 spiro atoms. The zero-order valence-corrected chi connectivity index (χ0v) is 13.8. The Morgan fingerprint density at radius 3 is 2.11 bits per heavy atom. The highest BCUT2D eigenvalue weighted by atomic mass is 15.2. The molecule has 0 aromatic carbocycles. The topological polar surface area (TPSA) is 15.3 Å². The smallest absolute Gasteiger partial charge is 0.00965 e. The summed E-state index contributed by atoms with van der Waals surface area (Å²) in [5.74, 6) is 0. The lowest BCUT2D eigenvalue weighted by atomic mass is 10.1. The molecule has 0 aliphatic rings. The molecule has 0 amide bonds. The van der Waals surface area contributed by atoms with E-state index in [1.807, 2.05) is 0 Å². The first-order valence-electron chi connectivity index (χ1n) is 7.82. The lowest BCUT2D eigenvalue weighted by Crippen LogP contribution is -2.44. The maximum atomic E-state index is 3.59. The molecule has 0 aliphatic heterocycles. The molecule has 0 radical (unpaired) electrons. The third-order valence-electron chi connectivity index (χ3n) is 3.71. The molecule has 2 heteroatoms. The van der Waals surface area contributed by atoms with Crippen molar-refractivity contribution in [2.75, 3.05) is 13.1 Å². The van der Waals surface area contributed by atoms with Crippen molar-refractivity contribution in [3.8, 4) is 0 Å². The summed E-state index contributed by atoms with van der Waals surface area (Å²) in [7, 11) is 0. The van der Waals surface area contributed by atoms with E-state index in [-0.39, 0.29) is 5.54 Å². The Hall–Kier alpha value is -0.0800. The van der Waals surface area contributed by atoms with E-state index in [9.17, 15) is 0 Å². The Morgan fingerprint density at radius 1 is 1.06 bits per heavy atom. The summed E-state index contributed by atoms with van der Waals surface area (Å²) in [5, 5.41) is 3.59. The van der Waals surface area contributed by atoms with Gasteiger partial charge in [0.25, 0.3) is 0 Å². The van der Waals surface area contributed by atoms with Gasteiger partial charge < -0.3 is 5.32 Å². The van der Waals surface area contributed by atoms with Gasteiger partial charge in [-0.2, -0.15) is 0 Å². The number of unbranched alkanes of at least 4 members (excludes halogenated alkanes) is 1. The number of nitrogens with one attached hydrogen (secondary N) is 1. The Bertz CT molecular complexity index is 196. The third-order valence-corrected chi connectivity index (χ3v) is 3.71. The van der Waals surface area contributed by atoms with Crippen molar-refractivity contribution in [3.63, 3.8) is 0 Å². The summed E-state index contributed by atoms with van der Waals surface area (Å²) in [4.78, 5) is 2.69. The van der Waals surface area contributed by atoms with Gasteiger partial charge >= 0.3 is 0 Å². The minimum absolute atomic E-state index is 0.240. The minimum atomic E-state index is 0.240. The molecule has 0 bridgehead atoms. The summed E-state index contributed by atoms with van der Waals surface area (Å²) in [6.07, 6.45) is 5.10. The highest BCUT2D eigenvalue weighted by Gasteiger charge is 2.18. The minimum Gasteiger partial charge on any atom is -0.312 e. The molecular weight excluding hydrogens is 220 g/mol. The van der Waals surface area contributed by atoms with E-state index < -0.39 is 0 Å². The molecule has 0 aromatic rings. The summed E-state index contributed by atoms with van der Waals surface area (Å²) in [5.41, 5.74) is 0.240. The van der Waals surface area contributed by atoms with Crippen LogP contribution in [0.4, 0.5) is 0 Å². The Kier molecular flexibility index (Phi) is 8.89. The van der Waals surface area contributed by atoms with E-state index in [0.29, 0.717) is 12.1 Å². The highest BCUT2D eigenvalue weighted by molar-refractivity contribution is 4.76. The number of hydrogen-bond acceptors (Lipinski definition) is 2. The van der Waals surface area contributed by atoms with E-state index in [0.717, 1.165) is 6.54 Å². The van der Waals surface area contributed by atoms with Gasteiger partial charge in [0.2, 0.25) is 0 Å². The molecule has 1 N–H and O–H groups in total. The van der Waals surface area contributed by atoms with Crippen LogP contribution in [-0.4, -0.2) is 35.6 Å². The molecule has 2 unspecified atom stereocenters. The van der Waals surface area contributed by atoms with Crippen LogP contribution in [0.1, 0.15) is 74.1 Å². The van der Waals surface area contributed by atoms with Crippen LogP contribution >= 0.6 is 0 Å². The van der Waals surface area contributed by atoms with E-state index in [2.05, 4.69) is 58.7 Å². The quantitative estimate of drug-likeness (QED) is 0.669. The van der Waals surface area contributed by atoms with Gasteiger partial charge in [-0.3, -0.25) is 4.90 Å². The van der Waals surface area contributed by atoms with Gasteiger partial charge in [0, 0.05) is 17.6 Å². The lowest BCUT2D eigenvalue weighted by Gasteiger charge is -2.35. The van der Waals surface area contributed by atoms with Gasteiger partial charge in [-0.15, -0.1) is 0 Å². The lowest BCUT2D eigenvalue weighted by molar-refractivity contribution is 0.138. The van der Waals surface area contributed by atoms with Gasteiger partial charge in [0.05, 0.1) is 0 Å². The standard InChI is InChI=1S/C16H36N2/c1-8-10-13-18(14(3)9-2)15(4)11-12-17-16(5,6)7/h14-15,17H,8-13H2,1-7H3. The predicted octanol–water partition coefficient (Wildman–Crippen LogP) is 4.05. The molecule has 0 rings (SSSR count). The van der Waals surface area contributed by atoms with Crippen LogP contribution in [-0.2, 0) is 0 Å². The SMILES string of the molecule is CCCCN(C(C)CC)C(C)CCNC(C)(C)C. The fraction of sp³-hybridized carbons (Fsp3) is 1.00. The van der Waals surface area contributed by atoms with Crippen LogP contribution in [0.3, 0.4) is 0 Å². The normalized spacial score (nSPS) is 16.0. The van der Waals surface area contributed by atoms with Crippen LogP contribution in [0.5, 0.6) is 0 Å². The molecule has 0 aliphatic carbocycles. The Labute approximate surface area is 116 Å². The largest absolute Gasteiger partial charge is 0.312 e. The second-order valence-corrected chi connectivity index (χ2v) is 6.66. The number of hydrogen-bond donors (Lipinski definition) is 1. The fourth-order valence-corrected chi connectivity index (χ4v) is 2.27. The molecule has 0 saturated heterocycles. The monoisotopic (exact) mass is 256 g/mol. The van der Waals surface area contributed by atoms with E-state index in [1.54, 1.807) is 0 Å². The van der Waals surface area contributed by atoms with Crippen LogP contribution in [0.25, 0.3) is 0 Å². The summed E-state index contributed by atoms with van der Waals surface area (Å²) >= 11 is 0. The maximum Gasteiger partial charge on any atom is 0.00965 e. The van der Waals surface area contributed by atoms with Crippen LogP contribution in [0.2, 0.25) is 0 Å². The van der Waals surface area contributed by atoms with Crippen molar-refractivity contribution >= 4 is 0 Å². The van der Waals surface area contributed by atoms with Gasteiger partial charge in [-0.25, -0.2) is 0 Å². The first kappa shape index (κ1) is 17.9. The van der Waals surface area contributed by atoms with Gasteiger partial charge in [0.15, 0.2) is 0 Å². The van der Waals surface area contributed by atoms with E-state index in [1.165, 1.54) is 32.2 Å². The number of rotatable bonds is 9. The molecule has 2 nitrogen and oxygen atoms in total. The second-order valence-electron chi connectivity index (χ2n) is 6.66. The number of nitrogens with zero attached hydrogens (tertiary/aromatic N) is 1. The van der Waals surface area contributed by atoms with Gasteiger partial charge in [-0.05, 0) is 67.0 Å². The summed E-state index contributed by atoms with van der Waals surface area (Å²) in [6.45, 7) is 18.4. The van der Waals surface area contributed by atoms with Crippen molar-refractivity contribution in [3.05, 3.63) is 0 Å². The molecule has 0 heterocycles. The molecule has 18 heavy (non-hydrogen) atoms. The second kappa shape index (κ2) is 8.92. The van der Waals surface area contributed by atoms with E-state index in [4.69, 9.17) is 0 Å². The third kappa shape index (κ3) is 8.10. The first-order valence-corrected chi connectivity index (χ1v) is 7.82. The average Bonchev–Trinajstić information content (AvgIpc) is 2.27. The zero-order valence-electron chi connectivity index (χ0n) is 13.8. The molecule has 0 saturated carbocycles. The van der Waals surface area contributed by atoms with Crippen LogP contribution in [0.15, 0.2) is 0 Å². The maximum absolute atomic E-state index is 3.59. The van der Waals surface area contributed by atoms with Gasteiger partial charge in [0.1, 0.15) is 0 Å². The van der Waals surface area contributed by atoms with Crippen molar-refractivity contribution in [2.24, 2.45) is 0 Å². The zero-order chi connectivity index (χ0) is 14.2. The molecule has 110 valence electrons. The first-order chi connectivity index (χ1) is 8.31. The van der Waals surface area contributed by atoms with Crippen molar-refractivity contribution < 1.29 is 0 Å². The summed E-state index contributed by atoms with van der Waals surface area (Å²) in [6, 6.07) is 1.39. The Morgan fingerprint density at radius 2 is 1.67 bits per heavy atom. The average molecular weight is 256 g/mol. The van der Waals surface area contributed by atoms with Crippen molar-refractivity contribution in [1.29, 1.82) is 0 Å². The highest BCUT2D eigenvalue weighted by Crippen LogP contribution is 2.13. The fourth-order valence-electron chi connectivity index (χ4n) is 2.27. The van der Waals surface area contributed by atoms with Crippen LogP contribution < -0.4 is 5.32 Å². The predicted molar refractivity (Wildman–Crippen MR) is 83.2 cm³/mol. The molecule has 2 atom stereocenters. The van der Waals surface area contributed by atoms with Crippen LogP contribution in [0, 0.1) is 0 Å². The van der Waals surface area contributed by atoms with E-state index >= 15 is 0 Å². The Balaban J connectivity index is 4.15. The van der Waals surface area contributed by atoms with Crippen molar-refractivity contribution in [2.45, 2.75) is 91.8 Å². The van der Waals surface area contributed by atoms with Crippen molar-refractivity contribution in [1.82, 2.24) is 10.2 Å². The summed E-state index contributed by atoms with van der Waals surface area (Å²) < 4.78 is 0. The molecule has 0 aromatic heterocycles.